The van der Waals surface area contributed by atoms with Crippen LogP contribution in [-0.4, -0.2) is 72.7 Å². The smallest absolute Gasteiger partial charge is 0.272 e. The summed E-state index contributed by atoms with van der Waals surface area (Å²) >= 11 is 0. The number of nitrogens with zero attached hydrogens (tertiary/aromatic N) is 3. The standard InChI is InChI=1S/C17H20FN3O4S/c1-20(2)26(24,25)10-12-8-21(9-15(12)22)17(23)14-7-6-11-4-3-5-13(18)16(11)19-14/h3-7,12,15,22H,8-10H2,1-2H3/t12-,15+/m0/s1. The number of aliphatic hydroxyl groups excluding tert-OH is 1. The summed E-state index contributed by atoms with van der Waals surface area (Å²) in [5.74, 6) is -1.80. The van der Waals surface area contributed by atoms with E-state index in [9.17, 15) is 22.7 Å². The van der Waals surface area contributed by atoms with Crippen LogP contribution < -0.4 is 0 Å². The van der Waals surface area contributed by atoms with E-state index in [4.69, 9.17) is 0 Å². The highest BCUT2D eigenvalue weighted by atomic mass is 32.2. The van der Waals surface area contributed by atoms with Crippen LogP contribution in [0.3, 0.4) is 0 Å². The first-order valence-corrected chi connectivity index (χ1v) is 9.73. The number of carbonyl (C=O) groups excluding carboxylic acids is 1. The number of hydrogen-bond donors (Lipinski definition) is 1. The topological polar surface area (TPSA) is 90.8 Å². The Hall–Kier alpha value is -2.10. The number of pyridine rings is 1. The number of amides is 1. The summed E-state index contributed by atoms with van der Waals surface area (Å²) in [6.07, 6.45) is -0.939. The molecule has 1 fully saturated rings. The van der Waals surface area contributed by atoms with Crippen LogP contribution in [-0.2, 0) is 10.0 Å². The molecule has 3 rings (SSSR count). The molecule has 7 nitrogen and oxygen atoms in total. The minimum atomic E-state index is -3.49. The van der Waals surface area contributed by atoms with E-state index in [0.29, 0.717) is 5.39 Å². The van der Waals surface area contributed by atoms with E-state index in [1.54, 1.807) is 18.2 Å². The number of aliphatic hydroxyl groups is 1. The van der Waals surface area contributed by atoms with Crippen LogP contribution in [0.4, 0.5) is 4.39 Å². The van der Waals surface area contributed by atoms with Crippen LogP contribution >= 0.6 is 0 Å². The Morgan fingerprint density at radius 1 is 1.31 bits per heavy atom. The number of rotatable bonds is 4. The maximum Gasteiger partial charge on any atom is 0.272 e. The molecule has 140 valence electrons. The molecule has 26 heavy (non-hydrogen) atoms. The van der Waals surface area contributed by atoms with Crippen molar-refractivity contribution in [2.45, 2.75) is 6.10 Å². The van der Waals surface area contributed by atoms with E-state index in [-0.39, 0.29) is 30.1 Å². The van der Waals surface area contributed by atoms with E-state index in [1.165, 1.54) is 31.1 Å². The molecule has 1 saturated heterocycles. The third-order valence-corrected chi connectivity index (χ3v) is 6.53. The molecule has 1 aromatic heterocycles. The van der Waals surface area contributed by atoms with Gasteiger partial charge in [-0.05, 0) is 12.1 Å². The normalized spacial score (nSPS) is 20.9. The molecule has 1 aromatic carbocycles. The molecule has 0 radical (unpaired) electrons. The molecule has 0 aliphatic carbocycles. The fraction of sp³-hybridized carbons (Fsp3) is 0.412. The van der Waals surface area contributed by atoms with E-state index < -0.39 is 33.8 Å². The third kappa shape index (κ3) is 3.55. The van der Waals surface area contributed by atoms with Crippen LogP contribution in [0.5, 0.6) is 0 Å². The first-order chi connectivity index (χ1) is 12.2. The number of likely N-dealkylation sites (tertiary alicyclic amines) is 1. The van der Waals surface area contributed by atoms with Crippen LogP contribution in [0.2, 0.25) is 0 Å². The summed E-state index contributed by atoms with van der Waals surface area (Å²) in [5, 5.41) is 10.7. The third-order valence-electron chi connectivity index (χ3n) is 4.56. The average molecular weight is 381 g/mol. The Morgan fingerprint density at radius 3 is 2.73 bits per heavy atom. The van der Waals surface area contributed by atoms with Crippen molar-refractivity contribution in [1.29, 1.82) is 0 Å². The second-order valence-electron chi connectivity index (χ2n) is 6.61. The van der Waals surface area contributed by atoms with Gasteiger partial charge in [-0.3, -0.25) is 4.79 Å². The largest absolute Gasteiger partial charge is 0.391 e. The molecular weight excluding hydrogens is 361 g/mol. The lowest BCUT2D eigenvalue weighted by Crippen LogP contribution is -2.33. The van der Waals surface area contributed by atoms with E-state index >= 15 is 0 Å². The van der Waals surface area contributed by atoms with Crippen LogP contribution in [0.25, 0.3) is 10.9 Å². The maximum absolute atomic E-state index is 13.9. The van der Waals surface area contributed by atoms with Crippen molar-refractivity contribution in [3.8, 4) is 0 Å². The lowest BCUT2D eigenvalue weighted by atomic mass is 10.1. The summed E-state index contributed by atoms with van der Waals surface area (Å²) in [4.78, 5) is 18.1. The molecule has 1 N–H and O–H groups in total. The highest BCUT2D eigenvalue weighted by molar-refractivity contribution is 7.89. The van der Waals surface area contributed by atoms with Gasteiger partial charge in [0.2, 0.25) is 10.0 Å². The zero-order valence-electron chi connectivity index (χ0n) is 14.5. The zero-order chi connectivity index (χ0) is 19.1. The summed E-state index contributed by atoms with van der Waals surface area (Å²) in [6, 6.07) is 7.64. The SMILES string of the molecule is CN(C)S(=O)(=O)C[C@@H]1CN(C(=O)c2ccc3cccc(F)c3n2)C[C@H]1O. The van der Waals surface area contributed by atoms with Crippen molar-refractivity contribution in [2.24, 2.45) is 5.92 Å². The number of aromatic nitrogens is 1. The number of benzene rings is 1. The van der Waals surface area contributed by atoms with Gasteiger partial charge in [-0.1, -0.05) is 18.2 Å². The van der Waals surface area contributed by atoms with Gasteiger partial charge in [-0.25, -0.2) is 22.1 Å². The number of halogens is 1. The molecule has 0 spiro atoms. The van der Waals surface area contributed by atoms with Crippen molar-refractivity contribution >= 4 is 26.8 Å². The predicted octanol–water partition coefficient (Wildman–Crippen LogP) is 0.698. The first-order valence-electron chi connectivity index (χ1n) is 8.12. The predicted molar refractivity (Wildman–Crippen MR) is 94.6 cm³/mol. The van der Waals surface area contributed by atoms with Gasteiger partial charge in [0.15, 0.2) is 0 Å². The van der Waals surface area contributed by atoms with E-state index in [1.807, 2.05) is 0 Å². The molecule has 1 aliphatic rings. The molecule has 0 unspecified atom stereocenters. The molecule has 0 saturated carbocycles. The number of carbonyl (C=O) groups is 1. The van der Waals surface area contributed by atoms with E-state index in [2.05, 4.69) is 4.98 Å². The van der Waals surface area contributed by atoms with Crippen LogP contribution in [0, 0.1) is 11.7 Å². The summed E-state index contributed by atoms with van der Waals surface area (Å²) < 4.78 is 39.0. The highest BCUT2D eigenvalue weighted by Crippen LogP contribution is 2.23. The first kappa shape index (κ1) is 18.7. The molecule has 1 aliphatic heterocycles. The van der Waals surface area contributed by atoms with Gasteiger partial charge in [0.25, 0.3) is 5.91 Å². The number of para-hydroxylation sites is 1. The van der Waals surface area contributed by atoms with Crippen molar-refractivity contribution in [3.63, 3.8) is 0 Å². The van der Waals surface area contributed by atoms with Gasteiger partial charge in [-0.2, -0.15) is 0 Å². The van der Waals surface area contributed by atoms with E-state index in [0.717, 1.165) is 4.31 Å². The van der Waals surface area contributed by atoms with Gasteiger partial charge in [0.05, 0.1) is 11.9 Å². The molecule has 9 heteroatoms. The van der Waals surface area contributed by atoms with Gasteiger partial charge < -0.3 is 10.0 Å². The molecule has 1 amide bonds. The number of fused-ring (bicyclic) bond motifs is 1. The monoisotopic (exact) mass is 381 g/mol. The number of hydrogen-bond acceptors (Lipinski definition) is 5. The van der Waals surface area contributed by atoms with Gasteiger partial charge in [0.1, 0.15) is 17.0 Å². The Kier molecular flexibility index (Phi) is 4.96. The fourth-order valence-electron chi connectivity index (χ4n) is 3.00. The molecule has 0 bridgehead atoms. The fourth-order valence-corrected chi connectivity index (χ4v) is 4.16. The average Bonchev–Trinajstić information content (AvgIpc) is 2.94. The summed E-state index contributed by atoms with van der Waals surface area (Å²) in [5.41, 5.74) is 0.163. The molecule has 2 heterocycles. The Balaban J connectivity index is 1.80. The van der Waals surface area contributed by atoms with Crippen molar-refractivity contribution in [3.05, 3.63) is 41.8 Å². The van der Waals surface area contributed by atoms with Crippen LogP contribution in [0.1, 0.15) is 10.5 Å². The quantitative estimate of drug-likeness (QED) is 0.842. The highest BCUT2D eigenvalue weighted by Gasteiger charge is 2.38. The molecule has 2 atom stereocenters. The number of β-amino-alcohol motifs (C(OH)–C–C–N with tert-alkyl or cyclic N) is 1. The Bertz CT molecular complexity index is 948. The summed E-state index contributed by atoms with van der Waals surface area (Å²) in [6.45, 7) is 0.119. The lowest BCUT2D eigenvalue weighted by Gasteiger charge is -2.18. The second-order valence-corrected chi connectivity index (χ2v) is 8.83. The Labute approximate surface area is 151 Å². The number of sulfonamides is 1. The van der Waals surface area contributed by atoms with Crippen molar-refractivity contribution < 1.29 is 22.7 Å². The van der Waals surface area contributed by atoms with Crippen LogP contribution in [0.15, 0.2) is 30.3 Å². The lowest BCUT2D eigenvalue weighted by molar-refractivity contribution is 0.0759. The molecule has 2 aromatic rings. The second kappa shape index (κ2) is 6.90. The summed E-state index contributed by atoms with van der Waals surface area (Å²) in [7, 11) is -0.645. The minimum absolute atomic E-state index is 0.0173. The van der Waals surface area contributed by atoms with Gasteiger partial charge >= 0.3 is 0 Å². The molecular formula is C17H20FN3O4S. The van der Waals surface area contributed by atoms with Crippen molar-refractivity contribution in [1.82, 2.24) is 14.2 Å². The minimum Gasteiger partial charge on any atom is -0.391 e. The maximum atomic E-state index is 13.9. The Morgan fingerprint density at radius 2 is 2.04 bits per heavy atom. The van der Waals surface area contributed by atoms with Gasteiger partial charge in [-0.15, -0.1) is 0 Å². The van der Waals surface area contributed by atoms with Gasteiger partial charge in [0, 0.05) is 38.5 Å². The van der Waals surface area contributed by atoms with Crippen molar-refractivity contribution in [2.75, 3.05) is 32.9 Å². The zero-order valence-corrected chi connectivity index (χ0v) is 15.3.